The molecule has 2 saturated carbocycles. The molecule has 5 aliphatic rings. The number of piperidine rings is 1. The molecule has 4 fully saturated rings. The summed E-state index contributed by atoms with van der Waals surface area (Å²) in [6, 6.07) is 11.4. The Morgan fingerprint density at radius 1 is 1.10 bits per heavy atom. The molecule has 0 atom stereocenters. The van der Waals surface area contributed by atoms with Crippen LogP contribution >= 0.6 is 0 Å². The summed E-state index contributed by atoms with van der Waals surface area (Å²) in [5.74, 6) is 2.84. The van der Waals surface area contributed by atoms with Gasteiger partial charge in [-0.25, -0.2) is 4.39 Å². The molecule has 7 nitrogen and oxygen atoms in total. The van der Waals surface area contributed by atoms with E-state index in [4.69, 9.17) is 14.3 Å². The molecule has 0 amide bonds. The van der Waals surface area contributed by atoms with Crippen molar-refractivity contribution in [3.63, 3.8) is 0 Å². The highest BCUT2D eigenvalue weighted by atomic mass is 19.1. The van der Waals surface area contributed by atoms with Crippen molar-refractivity contribution in [2.75, 3.05) is 39.4 Å². The van der Waals surface area contributed by atoms with Gasteiger partial charge in [0.05, 0.1) is 25.0 Å². The molecule has 2 aliphatic carbocycles. The second-order valence-electron chi connectivity index (χ2n) is 13.5. The first kappa shape index (κ1) is 27.7. The van der Waals surface area contributed by atoms with E-state index >= 15 is 0 Å². The third-order valence-corrected chi connectivity index (χ3v) is 9.77. The number of rotatable bonds is 9. The number of nitrogens with zero attached hydrogens (tertiary/aromatic N) is 3. The first-order valence-corrected chi connectivity index (χ1v) is 15.8. The molecule has 1 spiro atoms. The highest BCUT2D eigenvalue weighted by Gasteiger charge is 2.51. The van der Waals surface area contributed by atoms with Crippen LogP contribution in [0, 0.1) is 17.2 Å². The zero-order valence-electron chi connectivity index (χ0n) is 24.9. The number of likely N-dealkylation sites (tertiary alicyclic amines) is 2. The van der Waals surface area contributed by atoms with Crippen molar-refractivity contribution in [1.82, 2.24) is 9.80 Å². The largest absolute Gasteiger partial charge is 0.493 e. The Hall–Kier alpha value is -3.13. The smallest absolute Gasteiger partial charge is 0.311 e. The summed E-state index contributed by atoms with van der Waals surface area (Å²) < 4.78 is 25.5. The molecule has 3 aliphatic heterocycles. The molecule has 0 N–H and O–H groups in total. The molecule has 224 valence electrons. The van der Waals surface area contributed by atoms with Crippen LogP contribution in [0.25, 0.3) is 11.1 Å². The summed E-state index contributed by atoms with van der Waals surface area (Å²) in [6.45, 7) is 9.16. The van der Waals surface area contributed by atoms with Crippen LogP contribution in [0.4, 0.5) is 4.39 Å². The third kappa shape index (κ3) is 5.62. The molecular formula is C34H42FN3O4. The predicted molar refractivity (Wildman–Crippen MR) is 159 cm³/mol. The van der Waals surface area contributed by atoms with Gasteiger partial charge in [0, 0.05) is 38.3 Å². The Labute approximate surface area is 248 Å². The minimum Gasteiger partial charge on any atom is -0.493 e. The maximum absolute atomic E-state index is 13.8. The van der Waals surface area contributed by atoms with Crippen LogP contribution in [-0.2, 0) is 20.9 Å². The molecule has 2 aromatic carbocycles. The Kier molecular flexibility index (Phi) is 7.16. The quantitative estimate of drug-likeness (QED) is 0.336. The number of halogens is 1. The summed E-state index contributed by atoms with van der Waals surface area (Å²) in [7, 11) is 0. The van der Waals surface area contributed by atoms with Crippen molar-refractivity contribution in [3.05, 3.63) is 53.3 Å². The number of carbonyl (C=O) groups is 1. The van der Waals surface area contributed by atoms with Gasteiger partial charge in [-0.05, 0) is 99.1 Å². The molecule has 0 radical (unpaired) electrons. The number of oxime groups is 1. The van der Waals surface area contributed by atoms with Crippen LogP contribution in [0.3, 0.4) is 0 Å². The average Bonchev–Trinajstić information content (AvgIpc) is 3.91. The fourth-order valence-corrected chi connectivity index (χ4v) is 6.78. The lowest BCUT2D eigenvalue weighted by atomic mass is 9.80. The Morgan fingerprint density at radius 3 is 2.50 bits per heavy atom. The van der Waals surface area contributed by atoms with Crippen molar-refractivity contribution >= 4 is 11.8 Å². The normalized spacial score (nSPS) is 22.8. The summed E-state index contributed by atoms with van der Waals surface area (Å²) in [5.41, 5.74) is 4.10. The summed E-state index contributed by atoms with van der Waals surface area (Å²) in [4.78, 5) is 23.2. The maximum Gasteiger partial charge on any atom is 0.311 e. The molecule has 0 bridgehead atoms. The minimum atomic E-state index is -0.412. The number of esters is 1. The molecule has 3 heterocycles. The summed E-state index contributed by atoms with van der Waals surface area (Å²) in [6.07, 6.45) is 7.21. The van der Waals surface area contributed by atoms with Gasteiger partial charge in [-0.1, -0.05) is 23.4 Å². The Balaban J connectivity index is 1.01. The fourth-order valence-electron chi connectivity index (χ4n) is 6.78. The Bertz CT molecular complexity index is 1350. The van der Waals surface area contributed by atoms with Gasteiger partial charge in [0.1, 0.15) is 17.4 Å². The molecule has 0 unspecified atom stereocenters. The van der Waals surface area contributed by atoms with Crippen LogP contribution in [-0.4, -0.2) is 66.6 Å². The highest BCUT2D eigenvalue weighted by Crippen LogP contribution is 2.49. The molecule has 42 heavy (non-hydrogen) atoms. The zero-order chi connectivity index (χ0) is 28.9. The van der Waals surface area contributed by atoms with Gasteiger partial charge in [-0.2, -0.15) is 0 Å². The van der Waals surface area contributed by atoms with Crippen LogP contribution in [0.1, 0.15) is 75.8 Å². The van der Waals surface area contributed by atoms with E-state index in [9.17, 15) is 9.18 Å². The number of ether oxygens (including phenoxy) is 2. The number of benzene rings is 2. The van der Waals surface area contributed by atoms with Gasteiger partial charge >= 0.3 is 5.97 Å². The number of amidine groups is 1. The Morgan fingerprint density at radius 2 is 1.83 bits per heavy atom. The van der Waals surface area contributed by atoms with Gasteiger partial charge in [0.2, 0.25) is 0 Å². The maximum atomic E-state index is 13.8. The number of hydrogen-bond donors (Lipinski definition) is 0. The van der Waals surface area contributed by atoms with Gasteiger partial charge in [0.25, 0.3) is 0 Å². The average molecular weight is 576 g/mol. The molecule has 7 rings (SSSR count). The van der Waals surface area contributed by atoms with Gasteiger partial charge in [0.15, 0.2) is 5.60 Å². The molecule has 0 aromatic heterocycles. The van der Waals surface area contributed by atoms with Crippen molar-refractivity contribution in [2.24, 2.45) is 16.5 Å². The second kappa shape index (κ2) is 10.9. The van der Waals surface area contributed by atoms with E-state index in [1.165, 1.54) is 36.8 Å². The topological polar surface area (TPSA) is 63.6 Å². The standard InChI is InChI=1S/C34H42FN3O4/c1-3-40-32(39)33(2)12-14-38(15-13-33)30-18-34(42-36-30)21-37(22-34)19-24-16-28(25-6-7-25)31(26-8-10-27(35)11-9-26)29(17-24)41-20-23-4-5-23/h8-11,16-17,23,25H,3-7,12-15,18-22H2,1-2H3. The summed E-state index contributed by atoms with van der Waals surface area (Å²) in [5, 5.41) is 4.52. The molecule has 8 heteroatoms. The van der Waals surface area contributed by atoms with Crippen LogP contribution in [0.15, 0.2) is 41.6 Å². The predicted octanol–water partition coefficient (Wildman–Crippen LogP) is 6.11. The second-order valence-corrected chi connectivity index (χ2v) is 13.5. The van der Waals surface area contributed by atoms with Gasteiger partial charge in [-0.3, -0.25) is 9.69 Å². The minimum absolute atomic E-state index is 0.0861. The lowest BCUT2D eigenvalue weighted by molar-refractivity contribution is -0.156. The number of hydrogen-bond acceptors (Lipinski definition) is 7. The third-order valence-electron chi connectivity index (χ3n) is 9.77. The number of carbonyl (C=O) groups excluding carboxylic acids is 1. The first-order valence-electron chi connectivity index (χ1n) is 15.8. The van der Waals surface area contributed by atoms with Crippen molar-refractivity contribution in [3.8, 4) is 16.9 Å². The summed E-state index contributed by atoms with van der Waals surface area (Å²) >= 11 is 0. The van der Waals surface area contributed by atoms with Crippen molar-refractivity contribution in [2.45, 2.75) is 76.9 Å². The van der Waals surface area contributed by atoms with Crippen LogP contribution < -0.4 is 4.74 Å². The van der Waals surface area contributed by atoms with Crippen LogP contribution in [0.5, 0.6) is 5.75 Å². The molecule has 2 aromatic rings. The first-order chi connectivity index (χ1) is 20.3. The van der Waals surface area contributed by atoms with E-state index in [-0.39, 0.29) is 17.4 Å². The highest BCUT2D eigenvalue weighted by molar-refractivity contribution is 5.85. The van der Waals surface area contributed by atoms with Gasteiger partial charge in [-0.15, -0.1) is 0 Å². The zero-order valence-corrected chi connectivity index (χ0v) is 24.9. The van der Waals surface area contributed by atoms with E-state index in [1.807, 2.05) is 26.0 Å². The fraction of sp³-hybridized carbons (Fsp3) is 0.588. The van der Waals surface area contributed by atoms with Gasteiger partial charge < -0.3 is 19.2 Å². The monoisotopic (exact) mass is 575 g/mol. The van der Waals surface area contributed by atoms with E-state index < -0.39 is 5.41 Å². The van der Waals surface area contributed by atoms with Crippen molar-refractivity contribution < 1.29 is 23.5 Å². The molecular weight excluding hydrogens is 533 g/mol. The van der Waals surface area contributed by atoms with Crippen LogP contribution in [0.2, 0.25) is 0 Å². The molecule has 2 saturated heterocycles. The SMILES string of the molecule is CCOC(=O)C1(C)CCN(C2=NOC3(C2)CN(Cc2cc(OCC4CC4)c(-c4ccc(F)cc4)c(C4CC4)c2)C3)CC1. The van der Waals surface area contributed by atoms with E-state index in [0.29, 0.717) is 18.4 Å². The van der Waals surface area contributed by atoms with E-state index in [2.05, 4.69) is 27.1 Å². The van der Waals surface area contributed by atoms with E-state index in [0.717, 1.165) is 81.3 Å². The van der Waals surface area contributed by atoms with E-state index in [1.54, 1.807) is 12.1 Å². The van der Waals surface area contributed by atoms with Crippen molar-refractivity contribution in [1.29, 1.82) is 0 Å². The lowest BCUT2D eigenvalue weighted by Crippen LogP contribution is -2.61. The lowest BCUT2D eigenvalue weighted by Gasteiger charge is -2.46.